The minimum absolute atomic E-state index is 0. The molecule has 1 rings (SSSR count). The van der Waals surface area contributed by atoms with Crippen LogP contribution >= 0.6 is 0 Å². The number of carboxylic acid groups (broad SMARTS) is 1. The second-order valence-electron chi connectivity index (χ2n) is 3.25. The molecule has 1 aliphatic rings. The van der Waals surface area contributed by atoms with Crippen LogP contribution in [-0.4, -0.2) is 17.2 Å². The van der Waals surface area contributed by atoms with Gasteiger partial charge in [-0.3, -0.25) is 0 Å². The van der Waals surface area contributed by atoms with Gasteiger partial charge in [0.1, 0.15) is 0 Å². The molecule has 0 amide bonds. The van der Waals surface area contributed by atoms with E-state index in [4.69, 9.17) is 5.11 Å². The summed E-state index contributed by atoms with van der Waals surface area (Å²) in [5.41, 5.74) is 0. The number of rotatable bonds is 2. The van der Waals surface area contributed by atoms with Gasteiger partial charge in [0.2, 0.25) is 0 Å². The molecule has 0 aromatic carbocycles. The van der Waals surface area contributed by atoms with Crippen molar-refractivity contribution in [2.45, 2.75) is 38.2 Å². The average Bonchev–Trinajstić information content (AvgIpc) is 1.93. The monoisotopic (exact) mass is 196 g/mol. The first-order valence-corrected chi connectivity index (χ1v) is 4.06. The third-order valence-corrected chi connectivity index (χ3v) is 2.27. The zero-order chi connectivity index (χ0) is 8.27. The molecule has 1 N–H and O–H groups in total. The molecule has 64 valence electrons. The Hall–Kier alpha value is 1.07. The Morgan fingerprint density at radius 2 is 1.83 bits per heavy atom. The molecular formula is C8H13KO3. The third-order valence-electron chi connectivity index (χ3n) is 2.27. The van der Waals surface area contributed by atoms with Crippen LogP contribution in [-0.2, 0) is 4.79 Å². The van der Waals surface area contributed by atoms with Crippen LogP contribution in [0, 0.1) is 5.92 Å². The molecule has 0 bridgehead atoms. The summed E-state index contributed by atoms with van der Waals surface area (Å²) in [4.78, 5) is 10.2. The van der Waals surface area contributed by atoms with Gasteiger partial charge < -0.3 is 15.0 Å². The molecule has 1 saturated carbocycles. The smallest absolute Gasteiger partial charge is 0.550 e. The quantitative estimate of drug-likeness (QED) is 0.470. The van der Waals surface area contributed by atoms with Crippen molar-refractivity contribution in [3.8, 4) is 0 Å². The van der Waals surface area contributed by atoms with Gasteiger partial charge in [-0.2, -0.15) is 0 Å². The van der Waals surface area contributed by atoms with Crippen LogP contribution in [0.1, 0.15) is 32.1 Å². The molecule has 0 unspecified atom stereocenters. The second-order valence-corrected chi connectivity index (χ2v) is 3.25. The summed E-state index contributed by atoms with van der Waals surface area (Å²) in [7, 11) is 0. The van der Waals surface area contributed by atoms with Crippen LogP contribution in [0.4, 0.5) is 0 Å². The van der Waals surface area contributed by atoms with E-state index in [0.29, 0.717) is 0 Å². The molecular weight excluding hydrogens is 183 g/mol. The Bertz CT molecular complexity index is 141. The van der Waals surface area contributed by atoms with Crippen molar-refractivity contribution in [1.82, 2.24) is 0 Å². The molecule has 1 aliphatic carbocycles. The van der Waals surface area contributed by atoms with Crippen LogP contribution in [0.5, 0.6) is 0 Å². The summed E-state index contributed by atoms with van der Waals surface area (Å²) in [6.07, 6.45) is 3.11. The predicted octanol–water partition coefficient (Wildman–Crippen LogP) is -3.32. The predicted molar refractivity (Wildman–Crippen MR) is 37.6 cm³/mol. The SMILES string of the molecule is O=C([O-])C[C@H]1CC[C@H](O)CC1.[K+]. The molecule has 0 saturated heterocycles. The molecule has 12 heavy (non-hydrogen) atoms. The number of hydrogen-bond acceptors (Lipinski definition) is 3. The van der Waals surface area contributed by atoms with Gasteiger partial charge in [-0.15, -0.1) is 0 Å². The van der Waals surface area contributed by atoms with Crippen molar-refractivity contribution < 1.29 is 66.4 Å². The fourth-order valence-corrected chi connectivity index (χ4v) is 1.58. The van der Waals surface area contributed by atoms with E-state index in [0.717, 1.165) is 25.7 Å². The number of carboxylic acids is 1. The van der Waals surface area contributed by atoms with E-state index >= 15 is 0 Å². The molecule has 0 heterocycles. The molecule has 3 nitrogen and oxygen atoms in total. The Labute approximate surface area is 115 Å². The fraction of sp³-hybridized carbons (Fsp3) is 0.875. The van der Waals surface area contributed by atoms with E-state index in [2.05, 4.69) is 0 Å². The minimum Gasteiger partial charge on any atom is -0.550 e. The van der Waals surface area contributed by atoms with Gasteiger partial charge >= 0.3 is 51.4 Å². The van der Waals surface area contributed by atoms with E-state index in [1.165, 1.54) is 0 Å². The molecule has 0 aromatic heterocycles. The topological polar surface area (TPSA) is 60.4 Å². The van der Waals surface area contributed by atoms with Gasteiger partial charge in [0.25, 0.3) is 0 Å². The standard InChI is InChI=1S/C8H14O3.K/c9-7-3-1-6(2-4-7)5-8(10)11;/h6-7,9H,1-5H2,(H,10,11);/q;+1/p-1/t6-,7-;. The van der Waals surface area contributed by atoms with Gasteiger partial charge in [0, 0.05) is 5.97 Å². The van der Waals surface area contributed by atoms with Crippen LogP contribution in [0.15, 0.2) is 0 Å². The molecule has 0 aromatic rings. The van der Waals surface area contributed by atoms with Crippen molar-refractivity contribution >= 4 is 5.97 Å². The molecule has 0 aliphatic heterocycles. The average molecular weight is 196 g/mol. The second kappa shape index (κ2) is 6.51. The third kappa shape index (κ3) is 4.94. The van der Waals surface area contributed by atoms with Gasteiger partial charge in [-0.1, -0.05) is 0 Å². The summed E-state index contributed by atoms with van der Waals surface area (Å²) >= 11 is 0. The molecule has 4 heteroatoms. The van der Waals surface area contributed by atoms with Crippen molar-refractivity contribution in [3.05, 3.63) is 0 Å². The fourth-order valence-electron chi connectivity index (χ4n) is 1.58. The number of aliphatic carboxylic acids is 1. The van der Waals surface area contributed by atoms with Crippen molar-refractivity contribution in [3.63, 3.8) is 0 Å². The first kappa shape index (κ1) is 13.1. The summed E-state index contributed by atoms with van der Waals surface area (Å²) in [6.45, 7) is 0. The normalized spacial score (nSPS) is 29.1. The van der Waals surface area contributed by atoms with Gasteiger partial charge in [0.05, 0.1) is 6.10 Å². The summed E-state index contributed by atoms with van der Waals surface area (Å²) in [5, 5.41) is 19.3. The van der Waals surface area contributed by atoms with E-state index in [9.17, 15) is 9.90 Å². The van der Waals surface area contributed by atoms with Gasteiger partial charge in [0.15, 0.2) is 0 Å². The van der Waals surface area contributed by atoms with Crippen LogP contribution in [0.3, 0.4) is 0 Å². The van der Waals surface area contributed by atoms with Crippen molar-refractivity contribution in [2.75, 3.05) is 0 Å². The summed E-state index contributed by atoms with van der Waals surface area (Å²) in [6, 6.07) is 0. The molecule has 1 fully saturated rings. The Morgan fingerprint density at radius 3 is 2.25 bits per heavy atom. The first-order valence-electron chi connectivity index (χ1n) is 4.06. The van der Waals surface area contributed by atoms with E-state index < -0.39 is 5.97 Å². The Morgan fingerprint density at radius 1 is 1.33 bits per heavy atom. The Kier molecular flexibility index (Phi) is 7.09. The van der Waals surface area contributed by atoms with Crippen molar-refractivity contribution in [2.24, 2.45) is 5.92 Å². The molecule has 0 spiro atoms. The van der Waals surface area contributed by atoms with Crippen molar-refractivity contribution in [1.29, 1.82) is 0 Å². The maximum Gasteiger partial charge on any atom is 1.00 e. The van der Waals surface area contributed by atoms with Gasteiger partial charge in [-0.25, -0.2) is 0 Å². The maximum absolute atomic E-state index is 10.2. The van der Waals surface area contributed by atoms with E-state index in [1.54, 1.807) is 0 Å². The van der Waals surface area contributed by atoms with Crippen LogP contribution in [0.2, 0.25) is 0 Å². The van der Waals surface area contributed by atoms with Gasteiger partial charge in [-0.05, 0) is 38.0 Å². The molecule has 0 radical (unpaired) electrons. The Balaban J connectivity index is 0.00000121. The minimum atomic E-state index is -0.966. The summed E-state index contributed by atoms with van der Waals surface area (Å²) < 4.78 is 0. The number of carbonyl (C=O) groups excluding carboxylic acids is 1. The number of carbonyl (C=O) groups is 1. The largest absolute Gasteiger partial charge is 1.00 e. The van der Waals surface area contributed by atoms with E-state index in [-0.39, 0.29) is 69.8 Å². The molecule has 0 atom stereocenters. The van der Waals surface area contributed by atoms with E-state index in [1.807, 2.05) is 0 Å². The van der Waals surface area contributed by atoms with Crippen LogP contribution in [0.25, 0.3) is 0 Å². The number of aliphatic hydroxyl groups is 1. The first-order chi connectivity index (χ1) is 5.18. The summed E-state index contributed by atoms with van der Waals surface area (Å²) in [5.74, 6) is -0.727. The number of aliphatic hydroxyl groups excluding tert-OH is 1. The number of hydrogen-bond donors (Lipinski definition) is 1. The zero-order valence-electron chi connectivity index (χ0n) is 7.45. The maximum atomic E-state index is 10.2. The zero-order valence-corrected chi connectivity index (χ0v) is 10.6. The van der Waals surface area contributed by atoms with Crippen LogP contribution < -0.4 is 56.5 Å².